The molecule has 0 fully saturated rings. The van der Waals surface area contributed by atoms with Crippen LogP contribution in [0.25, 0.3) is 11.1 Å². The Morgan fingerprint density at radius 1 is 0.489 bits per heavy atom. The first-order valence-corrected chi connectivity index (χ1v) is 63.7. The van der Waals surface area contributed by atoms with Crippen LogP contribution in [0.3, 0.4) is 0 Å². The summed E-state index contributed by atoms with van der Waals surface area (Å²) in [7, 11) is -16.0. The van der Waals surface area contributed by atoms with Crippen LogP contribution in [0.4, 0.5) is 4.79 Å². The van der Waals surface area contributed by atoms with Gasteiger partial charge in [-0.05, 0) is 204 Å². The fraction of sp³-hybridized carbons (Fsp3) is 0.541. The summed E-state index contributed by atoms with van der Waals surface area (Å²) in [6.07, 6.45) is -4.80. The number of nitrogens with zero attached hydrogens (tertiary/aromatic N) is 1. The summed E-state index contributed by atoms with van der Waals surface area (Å²) in [5.41, 5.74) is 7.81. The first-order valence-electron chi connectivity index (χ1n) is 45.5. The summed E-state index contributed by atoms with van der Waals surface area (Å²) in [6.45, 7) is 64.5. The van der Waals surface area contributed by atoms with Crippen molar-refractivity contribution in [2.45, 2.75) is 321 Å². The van der Waals surface area contributed by atoms with Crippen molar-refractivity contribution in [3.8, 4) is 57.1 Å². The van der Waals surface area contributed by atoms with Gasteiger partial charge in [-0.2, -0.15) is 0 Å². The number of carbonyl (C=O) groups excluding carboxylic acids is 9. The molecule has 5 heterocycles. The van der Waals surface area contributed by atoms with Gasteiger partial charge in [0.1, 0.15) is 71.6 Å². The zero-order valence-electron chi connectivity index (χ0n) is 84.3. The minimum atomic E-state index is -3.25. The Morgan fingerprint density at radius 3 is 1.44 bits per heavy atom. The molecule has 728 valence electrons. The molecule has 0 saturated heterocycles. The number of nitrogens with one attached hydrogen (secondary N) is 6. The van der Waals surface area contributed by atoms with Crippen LogP contribution in [-0.4, -0.2) is 147 Å². The average Bonchev–Trinajstić information content (AvgIpc) is 0.742. The van der Waals surface area contributed by atoms with Gasteiger partial charge in [-0.25, -0.2) is 9.59 Å². The molecular formula is C98H144Cl2N8O19Si6. The second kappa shape index (κ2) is 39.9. The molecule has 6 aromatic rings. The van der Waals surface area contributed by atoms with E-state index in [1.54, 1.807) is 78.9 Å². The highest BCUT2D eigenvalue weighted by atomic mass is 35.5. The van der Waals surface area contributed by atoms with Gasteiger partial charge in [-0.1, -0.05) is 210 Å². The molecule has 5 aliphatic heterocycles. The Bertz CT molecular complexity index is 5380. The molecule has 133 heavy (non-hydrogen) atoms. The lowest BCUT2D eigenvalue weighted by Crippen LogP contribution is -2.60. The number of rotatable bonds is 22. The second-order valence-electron chi connectivity index (χ2n) is 45.0. The Kier molecular flexibility index (Phi) is 32.3. The summed E-state index contributed by atoms with van der Waals surface area (Å²) < 4.78 is 70.7. The fourth-order valence-corrected chi connectivity index (χ4v) is 20.7. The molecule has 0 saturated carbocycles. The van der Waals surface area contributed by atoms with Crippen molar-refractivity contribution in [3.63, 3.8) is 0 Å². The van der Waals surface area contributed by atoms with E-state index in [0.717, 1.165) is 4.90 Å². The number of fused-ring (bicyclic) bond motifs is 15. The van der Waals surface area contributed by atoms with E-state index in [0.29, 0.717) is 11.3 Å². The van der Waals surface area contributed by atoms with E-state index in [9.17, 15) is 9.59 Å². The molecule has 27 nitrogen and oxygen atoms in total. The van der Waals surface area contributed by atoms with Crippen molar-refractivity contribution in [2.75, 3.05) is 14.2 Å². The van der Waals surface area contributed by atoms with Gasteiger partial charge in [-0.3, -0.25) is 38.5 Å². The van der Waals surface area contributed by atoms with Crippen molar-refractivity contribution in [1.82, 2.24) is 36.8 Å². The molecule has 0 spiro atoms. The van der Waals surface area contributed by atoms with E-state index in [-0.39, 0.29) is 113 Å². The molecule has 0 radical (unpaired) electrons. The van der Waals surface area contributed by atoms with Crippen LogP contribution in [0.5, 0.6) is 46.0 Å². The average molecular weight is 1980 g/mol. The summed E-state index contributed by atoms with van der Waals surface area (Å²) in [5.74, 6) is -8.31. The molecule has 5 aliphatic rings. The van der Waals surface area contributed by atoms with Gasteiger partial charge in [0.2, 0.25) is 49.7 Å². The molecule has 35 heteroatoms. The van der Waals surface area contributed by atoms with Gasteiger partial charge in [0.25, 0.3) is 25.0 Å². The van der Waals surface area contributed by atoms with Crippen LogP contribution in [-0.2, 0) is 63.3 Å². The Morgan fingerprint density at radius 2 is 0.947 bits per heavy atom. The third-order valence-electron chi connectivity index (χ3n) is 28.1. The first-order chi connectivity index (χ1) is 60.8. The van der Waals surface area contributed by atoms with E-state index in [1.165, 1.54) is 38.4 Å². The summed E-state index contributed by atoms with van der Waals surface area (Å²) in [4.78, 5) is 145. The predicted molar refractivity (Wildman–Crippen MR) is 537 cm³/mol. The standard InChI is InChI=1S/C98H144Cl2N8O19Si6/c1-56(2)46-68(108(21)92(117)119-55-57-38-36-35-37-39-57)86(111)106-80-82(125-131(29,30)96(12,13)14)59-41-44-70(65(99)48-59)120-73-50-61-51-74(84(73)127-133(33,34)98(18,19)20)121-71-45-42-60(49-66(71)100)83(126-132(31,32)97(15,16)17)81-90(115)105-79(91(116)118-22)64-52-62(122-128(23,24)93(3,4)5)53-72(124-130(27,28)95(9,10)11)76(64)63-47-58(40-43-69(63)123-129(25,26)94(6,7)8)77(87(112)107-81)104-88(113)78(61)103-85(110)67(54-75(101)109)102-89(80)114/h35-45,47-53,56,67-68,77-83H,46,54-55H2,1-34H3,(H2,101,109)(H,102,114)(H,103,110)(H,104,113)(H,105,115)(H,106,111)(H,107,112)/t67-,68+,77+,78+,79-,80+,81-,82+,83+/m0/s1. The number of ether oxygens (including phenoxy) is 4. The van der Waals surface area contributed by atoms with Crippen molar-refractivity contribution in [2.24, 2.45) is 11.7 Å². The van der Waals surface area contributed by atoms with Crippen LogP contribution >= 0.6 is 23.2 Å². The van der Waals surface area contributed by atoms with Crippen LogP contribution in [0.1, 0.15) is 215 Å². The van der Waals surface area contributed by atoms with Crippen molar-refractivity contribution < 1.29 is 88.7 Å². The number of esters is 1. The number of amides is 8. The highest BCUT2D eigenvalue weighted by molar-refractivity contribution is 6.77. The molecule has 0 unspecified atom stereocenters. The summed E-state index contributed by atoms with van der Waals surface area (Å²) in [5, 5.41) is 14.5. The molecule has 8 amide bonds. The number of carbonyl (C=O) groups is 9. The summed E-state index contributed by atoms with van der Waals surface area (Å²) >= 11 is 15.4. The van der Waals surface area contributed by atoms with Crippen LogP contribution < -0.4 is 64.8 Å². The zero-order chi connectivity index (χ0) is 100. The number of hydrogen-bond acceptors (Lipinski definition) is 19. The first kappa shape index (κ1) is 108. The van der Waals surface area contributed by atoms with E-state index in [1.807, 2.05) is 122 Å². The number of hydrogen-bond donors (Lipinski definition) is 7. The number of likely N-dealkylation sites (N-methyl/N-ethyl adjacent to an activating group) is 1. The van der Waals surface area contributed by atoms with E-state index < -0.39 is 189 Å². The third-order valence-corrected chi connectivity index (χ3v) is 55.0. The Labute approximate surface area is 803 Å². The summed E-state index contributed by atoms with van der Waals surface area (Å²) in [6, 6.07) is 16.7. The lowest BCUT2D eigenvalue weighted by atomic mass is 9.89. The fourth-order valence-electron chi connectivity index (χ4n) is 13.7. The van der Waals surface area contributed by atoms with Crippen LogP contribution in [0.15, 0.2) is 109 Å². The topological polar surface area (TPSA) is 347 Å². The van der Waals surface area contributed by atoms with Crippen LogP contribution in [0.2, 0.25) is 119 Å². The molecule has 11 rings (SSSR count). The monoisotopic (exact) mass is 1970 g/mol. The smallest absolute Gasteiger partial charge is 0.410 e. The van der Waals surface area contributed by atoms with E-state index in [2.05, 4.69) is 133 Å². The largest absolute Gasteiger partial charge is 0.543 e. The highest BCUT2D eigenvalue weighted by Crippen LogP contribution is 2.55. The minimum Gasteiger partial charge on any atom is -0.543 e. The third kappa shape index (κ3) is 24.9. The lowest BCUT2D eigenvalue weighted by Gasteiger charge is -2.42. The van der Waals surface area contributed by atoms with Gasteiger partial charge in [0, 0.05) is 29.8 Å². The molecular weight excluding hydrogens is 1830 g/mol. The Balaban J connectivity index is 1.44. The van der Waals surface area contributed by atoms with Gasteiger partial charge >= 0.3 is 12.1 Å². The van der Waals surface area contributed by atoms with Gasteiger partial charge in [-0.15, -0.1) is 0 Å². The van der Waals surface area contributed by atoms with E-state index >= 15 is 33.6 Å². The van der Waals surface area contributed by atoms with Crippen molar-refractivity contribution in [3.05, 3.63) is 153 Å². The van der Waals surface area contributed by atoms with Crippen molar-refractivity contribution in [1.29, 1.82) is 0 Å². The van der Waals surface area contributed by atoms with Crippen molar-refractivity contribution >= 4 is 127 Å². The molecule has 11 bridgehead atoms. The second-order valence-corrected chi connectivity index (χ2v) is 74.2. The molecule has 9 atom stereocenters. The van der Waals surface area contributed by atoms with Gasteiger partial charge in [0.05, 0.1) is 35.8 Å². The SMILES string of the molecule is COC(=O)[C@H]1NC(=O)[C@H]2NC(=O)[C@H](NC(=O)[C@@H]3NC(=O)[C@H](CC(N)=O)NC(=O)[C@H](NC(=O)[C@@H](CC(C)C)N(C)C(=O)OCc4ccccc4)[C@H](O[Si](C)(C)C(C)(C)C)c4ccc(c(Cl)c4)Oc4cc3cc(c4O[Si](C)(C)C(C)(C)C)Oc3ccc(cc3Cl)[C@H]2O[Si](C)(C)C(C)(C)C)c2ccc(O[Si](C)(C)C(C)(C)C)c(c2)-c2c(O[Si](C)(C)C(C)(C)C)cc(O[Si](C)(C)C(C)(C)C)cc21. The number of primary amides is 1. The number of benzene rings is 6. The maximum atomic E-state index is 17.3. The Hall–Kier alpha value is -9.05. The highest BCUT2D eigenvalue weighted by Gasteiger charge is 2.52. The molecule has 0 aromatic heterocycles. The molecule has 8 N–H and O–H groups in total. The zero-order valence-corrected chi connectivity index (χ0v) is 91.8. The normalized spacial score (nSPS) is 19.7. The maximum absolute atomic E-state index is 17.3. The van der Waals surface area contributed by atoms with Crippen LogP contribution in [0, 0.1) is 5.92 Å². The quantitative estimate of drug-likeness (QED) is 0.0245. The number of halogens is 2. The van der Waals surface area contributed by atoms with E-state index in [4.69, 9.17) is 74.4 Å². The minimum absolute atomic E-state index is 0.0368. The number of nitrogens with two attached hydrogens (primary N) is 1. The predicted octanol–water partition coefficient (Wildman–Crippen LogP) is 21.3. The van der Waals surface area contributed by atoms with Gasteiger partial charge in [0.15, 0.2) is 39.9 Å². The lowest BCUT2D eigenvalue weighted by molar-refractivity contribution is -0.146. The number of methoxy groups -OCH3 is 1. The van der Waals surface area contributed by atoms with Gasteiger partial charge < -0.3 is 83.1 Å². The maximum Gasteiger partial charge on any atom is 0.410 e. The molecule has 6 aromatic carbocycles. The molecule has 0 aliphatic carbocycles.